The Bertz CT molecular complexity index is 704. The second-order valence-corrected chi connectivity index (χ2v) is 5.96. The molecule has 0 aliphatic carbocycles. The molecule has 7 nitrogen and oxygen atoms in total. The van der Waals surface area contributed by atoms with Gasteiger partial charge in [-0.2, -0.15) is 0 Å². The van der Waals surface area contributed by atoms with Crippen LogP contribution in [-0.2, 0) is 17.6 Å². The van der Waals surface area contributed by atoms with Gasteiger partial charge >= 0.3 is 11.9 Å². The fourth-order valence-electron chi connectivity index (χ4n) is 2.50. The largest absolute Gasteiger partial charge is 0.477 e. The van der Waals surface area contributed by atoms with Gasteiger partial charge in [-0.3, -0.25) is 4.79 Å². The number of Topliss-reactive ketones (excluding diaryl/α,β-unsaturated/α-hetero) is 1. The fraction of sp³-hybridized carbons (Fsp3) is 0.316. The Labute approximate surface area is 150 Å². The number of hydrogen-bond donors (Lipinski definition) is 2. The summed E-state index contributed by atoms with van der Waals surface area (Å²) < 4.78 is 0. The molecule has 0 saturated heterocycles. The van der Waals surface area contributed by atoms with Gasteiger partial charge in [0.1, 0.15) is 17.2 Å². The van der Waals surface area contributed by atoms with Crippen molar-refractivity contribution < 1.29 is 24.6 Å². The Kier molecular flexibility index (Phi) is 6.96. The normalized spacial score (nSPS) is 10.5. The molecule has 0 atom stereocenters. The number of pyridine rings is 2. The molecule has 2 rings (SSSR count). The van der Waals surface area contributed by atoms with Gasteiger partial charge in [-0.25, -0.2) is 19.6 Å². The van der Waals surface area contributed by atoms with E-state index in [9.17, 15) is 14.4 Å². The van der Waals surface area contributed by atoms with Gasteiger partial charge < -0.3 is 10.2 Å². The molecule has 2 N–H and O–H groups in total. The van der Waals surface area contributed by atoms with Crippen LogP contribution in [0.1, 0.15) is 57.8 Å². The molecular formula is C19H20N2O5. The van der Waals surface area contributed by atoms with Crippen LogP contribution in [0.5, 0.6) is 0 Å². The molecule has 0 unspecified atom stereocenters. The third kappa shape index (κ3) is 6.08. The van der Waals surface area contributed by atoms with E-state index in [2.05, 4.69) is 9.97 Å². The molecule has 0 radical (unpaired) electrons. The van der Waals surface area contributed by atoms with E-state index in [1.165, 1.54) is 24.5 Å². The number of carbonyl (C=O) groups excluding carboxylic acids is 1. The van der Waals surface area contributed by atoms with Crippen molar-refractivity contribution in [2.24, 2.45) is 0 Å². The lowest BCUT2D eigenvalue weighted by Crippen LogP contribution is -2.03. The highest BCUT2D eigenvalue weighted by atomic mass is 16.4. The lowest BCUT2D eigenvalue weighted by atomic mass is 10.0. The fourth-order valence-corrected chi connectivity index (χ4v) is 2.50. The number of aromatic carboxylic acids is 2. The minimum absolute atomic E-state index is 0.00991. The maximum atomic E-state index is 11.9. The first-order chi connectivity index (χ1) is 12.5. The summed E-state index contributed by atoms with van der Waals surface area (Å²) in [6.45, 7) is 0. The highest BCUT2D eigenvalue weighted by molar-refractivity contribution is 5.85. The van der Waals surface area contributed by atoms with Gasteiger partial charge in [-0.15, -0.1) is 0 Å². The topological polar surface area (TPSA) is 117 Å². The van der Waals surface area contributed by atoms with Crippen LogP contribution < -0.4 is 0 Å². The summed E-state index contributed by atoms with van der Waals surface area (Å²) in [6, 6.07) is 6.36. The molecule has 0 spiro atoms. The monoisotopic (exact) mass is 356 g/mol. The molecular weight excluding hydrogens is 336 g/mol. The Balaban J connectivity index is 1.65. The summed E-state index contributed by atoms with van der Waals surface area (Å²) in [5, 5.41) is 17.6. The summed E-state index contributed by atoms with van der Waals surface area (Å²) >= 11 is 0. The zero-order valence-corrected chi connectivity index (χ0v) is 14.2. The molecule has 7 heteroatoms. The molecule has 26 heavy (non-hydrogen) atoms. The molecule has 0 amide bonds. The molecule has 136 valence electrons. The van der Waals surface area contributed by atoms with Crippen molar-refractivity contribution in [3.63, 3.8) is 0 Å². The molecule has 0 aliphatic heterocycles. The molecule has 0 saturated carbocycles. The van der Waals surface area contributed by atoms with E-state index < -0.39 is 11.9 Å². The van der Waals surface area contributed by atoms with Crippen molar-refractivity contribution in [1.82, 2.24) is 9.97 Å². The van der Waals surface area contributed by atoms with Crippen molar-refractivity contribution in [1.29, 1.82) is 0 Å². The van der Waals surface area contributed by atoms with E-state index in [4.69, 9.17) is 10.2 Å². The number of ketones is 1. The van der Waals surface area contributed by atoms with Crippen LogP contribution in [0.25, 0.3) is 0 Å². The summed E-state index contributed by atoms with van der Waals surface area (Å²) in [6.07, 6.45) is 6.75. The van der Waals surface area contributed by atoms with E-state index in [0.29, 0.717) is 38.5 Å². The SMILES string of the molecule is O=C(CCCc1ccc(C(=O)O)nc1)CCCc1ccc(C(=O)O)nc1. The van der Waals surface area contributed by atoms with Crippen molar-refractivity contribution in [2.75, 3.05) is 0 Å². The summed E-state index contributed by atoms with van der Waals surface area (Å²) in [5.74, 6) is -1.94. The van der Waals surface area contributed by atoms with Crippen LogP contribution in [-0.4, -0.2) is 37.9 Å². The maximum absolute atomic E-state index is 11.9. The lowest BCUT2D eigenvalue weighted by molar-refractivity contribution is -0.119. The van der Waals surface area contributed by atoms with E-state index in [-0.39, 0.29) is 17.2 Å². The predicted molar refractivity (Wildman–Crippen MR) is 93.3 cm³/mol. The van der Waals surface area contributed by atoms with Crippen LogP contribution in [0.4, 0.5) is 0 Å². The molecule has 2 aromatic rings. The quantitative estimate of drug-likeness (QED) is 0.672. The average Bonchev–Trinajstić information content (AvgIpc) is 2.62. The average molecular weight is 356 g/mol. The van der Waals surface area contributed by atoms with Crippen molar-refractivity contribution in [2.45, 2.75) is 38.5 Å². The summed E-state index contributed by atoms with van der Waals surface area (Å²) in [7, 11) is 0. The van der Waals surface area contributed by atoms with Gasteiger partial charge in [0.2, 0.25) is 0 Å². The number of aryl methyl sites for hydroxylation is 2. The Hall–Kier alpha value is -3.09. The van der Waals surface area contributed by atoms with Gasteiger partial charge in [0.25, 0.3) is 0 Å². The minimum Gasteiger partial charge on any atom is -0.477 e. The van der Waals surface area contributed by atoms with Crippen LogP contribution in [0.3, 0.4) is 0 Å². The minimum atomic E-state index is -1.06. The first-order valence-electron chi connectivity index (χ1n) is 8.34. The number of hydrogen-bond acceptors (Lipinski definition) is 5. The summed E-state index contributed by atoms with van der Waals surface area (Å²) in [4.78, 5) is 41.1. The second kappa shape index (κ2) is 9.41. The van der Waals surface area contributed by atoms with Crippen LogP contribution >= 0.6 is 0 Å². The van der Waals surface area contributed by atoms with Gasteiger partial charge in [0.15, 0.2) is 0 Å². The van der Waals surface area contributed by atoms with Gasteiger partial charge in [0.05, 0.1) is 0 Å². The van der Waals surface area contributed by atoms with E-state index in [1.807, 2.05) is 0 Å². The third-order valence-corrected chi connectivity index (χ3v) is 3.93. The van der Waals surface area contributed by atoms with E-state index in [0.717, 1.165) is 11.1 Å². The number of carboxylic acids is 2. The standard InChI is InChI=1S/C19H20N2O5/c22-15(5-1-3-13-7-9-16(18(23)24)20-11-13)6-2-4-14-8-10-17(19(25)26)21-12-14/h7-12H,1-6H2,(H,23,24)(H,25,26). The third-order valence-electron chi connectivity index (χ3n) is 3.93. The highest BCUT2D eigenvalue weighted by Gasteiger charge is 2.07. The number of aromatic nitrogens is 2. The van der Waals surface area contributed by atoms with Crippen molar-refractivity contribution in [3.8, 4) is 0 Å². The van der Waals surface area contributed by atoms with E-state index in [1.54, 1.807) is 12.1 Å². The maximum Gasteiger partial charge on any atom is 0.354 e. The van der Waals surface area contributed by atoms with Crippen molar-refractivity contribution in [3.05, 3.63) is 59.2 Å². The molecule has 0 bridgehead atoms. The van der Waals surface area contributed by atoms with Crippen molar-refractivity contribution >= 4 is 17.7 Å². The number of rotatable bonds is 10. The smallest absolute Gasteiger partial charge is 0.354 e. The first-order valence-corrected chi connectivity index (χ1v) is 8.34. The predicted octanol–water partition coefficient (Wildman–Crippen LogP) is 2.79. The molecule has 2 aromatic heterocycles. The van der Waals surface area contributed by atoms with Crippen LogP contribution in [0.15, 0.2) is 36.7 Å². The number of carboxylic acid groups (broad SMARTS) is 2. The Morgan fingerprint density at radius 2 is 1.15 bits per heavy atom. The molecule has 2 heterocycles. The number of nitrogens with zero attached hydrogens (tertiary/aromatic N) is 2. The zero-order chi connectivity index (χ0) is 18.9. The highest BCUT2D eigenvalue weighted by Crippen LogP contribution is 2.10. The Morgan fingerprint density at radius 1 is 0.731 bits per heavy atom. The first kappa shape index (κ1) is 19.2. The summed E-state index contributed by atoms with van der Waals surface area (Å²) in [5.41, 5.74) is 1.84. The van der Waals surface area contributed by atoms with Crippen LogP contribution in [0, 0.1) is 0 Å². The van der Waals surface area contributed by atoms with Gasteiger partial charge in [0, 0.05) is 25.2 Å². The molecule has 0 aliphatic rings. The molecule has 0 aromatic carbocycles. The second-order valence-electron chi connectivity index (χ2n) is 5.96. The molecule has 0 fully saturated rings. The number of carbonyl (C=O) groups is 3. The lowest BCUT2D eigenvalue weighted by Gasteiger charge is -2.03. The van der Waals surface area contributed by atoms with Gasteiger partial charge in [-0.05, 0) is 48.9 Å². The van der Waals surface area contributed by atoms with Crippen LogP contribution in [0.2, 0.25) is 0 Å². The van der Waals surface area contributed by atoms with E-state index >= 15 is 0 Å². The Morgan fingerprint density at radius 3 is 1.46 bits per heavy atom. The van der Waals surface area contributed by atoms with Gasteiger partial charge in [-0.1, -0.05) is 12.1 Å². The zero-order valence-electron chi connectivity index (χ0n) is 14.2.